The molecule has 2 aromatic carbocycles. The number of nitrogens with zero attached hydrogens (tertiary/aromatic N) is 2. The van der Waals surface area contributed by atoms with Crippen LogP contribution in [0, 0.1) is 17.2 Å². The van der Waals surface area contributed by atoms with Crippen LogP contribution in [-0.2, 0) is 0 Å². The lowest BCUT2D eigenvalue weighted by molar-refractivity contribution is 0.160. The van der Waals surface area contributed by atoms with Gasteiger partial charge in [-0.1, -0.05) is 18.5 Å². The molecule has 1 aromatic heterocycles. The SMILES string of the molecule is CCCOc1c(Cl)cc(-n2ccc3cc(OCC4CC(N)C4)ccc32)cc1C#N. The second-order valence-corrected chi connectivity index (χ2v) is 7.99. The average Bonchev–Trinajstić information content (AvgIpc) is 3.12. The Hall–Kier alpha value is -2.68. The van der Waals surface area contributed by atoms with Gasteiger partial charge < -0.3 is 19.8 Å². The standard InChI is InChI=1S/C23H24ClN3O2/c1-2-7-28-23-17(13-25)10-19(12-21(23)24)27-6-5-16-11-20(3-4-22(16)27)29-14-15-8-18(26)9-15/h3-6,10-12,15,18H,2,7-9,14,26H2,1H3. The fraction of sp³-hybridized carbons (Fsp3) is 0.348. The van der Waals surface area contributed by atoms with E-state index in [1.54, 1.807) is 6.07 Å². The summed E-state index contributed by atoms with van der Waals surface area (Å²) in [5, 5.41) is 11.0. The van der Waals surface area contributed by atoms with E-state index in [4.69, 9.17) is 26.8 Å². The van der Waals surface area contributed by atoms with E-state index in [1.807, 2.05) is 48.0 Å². The third-order valence-electron chi connectivity index (χ3n) is 5.30. The first kappa shape index (κ1) is 19.6. The minimum atomic E-state index is 0.337. The highest BCUT2D eigenvalue weighted by Crippen LogP contribution is 2.34. The molecule has 1 fully saturated rings. The zero-order chi connectivity index (χ0) is 20.4. The maximum atomic E-state index is 9.54. The molecule has 5 nitrogen and oxygen atoms in total. The number of nitrogens with two attached hydrogens (primary N) is 1. The lowest BCUT2D eigenvalue weighted by atomic mass is 9.82. The van der Waals surface area contributed by atoms with Gasteiger partial charge in [0.05, 0.1) is 29.3 Å². The van der Waals surface area contributed by atoms with Crippen LogP contribution < -0.4 is 15.2 Å². The molecule has 0 saturated heterocycles. The number of nitriles is 1. The number of rotatable bonds is 7. The number of halogens is 1. The van der Waals surface area contributed by atoms with Gasteiger partial charge in [-0.05, 0) is 61.6 Å². The van der Waals surface area contributed by atoms with E-state index in [-0.39, 0.29) is 0 Å². The van der Waals surface area contributed by atoms with E-state index >= 15 is 0 Å². The Kier molecular flexibility index (Phi) is 5.66. The zero-order valence-corrected chi connectivity index (χ0v) is 17.2. The maximum absolute atomic E-state index is 9.54. The molecule has 0 aliphatic heterocycles. The highest BCUT2D eigenvalue weighted by atomic mass is 35.5. The highest BCUT2D eigenvalue weighted by Gasteiger charge is 2.26. The van der Waals surface area contributed by atoms with Crippen LogP contribution in [0.5, 0.6) is 11.5 Å². The predicted octanol–water partition coefficient (Wildman–Crippen LogP) is 5.06. The van der Waals surface area contributed by atoms with Crippen LogP contribution in [0.15, 0.2) is 42.6 Å². The van der Waals surface area contributed by atoms with Gasteiger partial charge in [0.25, 0.3) is 0 Å². The summed E-state index contributed by atoms with van der Waals surface area (Å²) < 4.78 is 13.6. The number of aromatic nitrogens is 1. The molecule has 1 saturated carbocycles. The molecule has 4 rings (SSSR count). The highest BCUT2D eigenvalue weighted by molar-refractivity contribution is 6.32. The largest absolute Gasteiger partial charge is 0.493 e. The summed E-state index contributed by atoms with van der Waals surface area (Å²) in [5.74, 6) is 1.86. The molecule has 1 aliphatic rings. The molecule has 0 unspecified atom stereocenters. The summed E-state index contributed by atoms with van der Waals surface area (Å²) in [5.41, 5.74) is 8.11. The van der Waals surface area contributed by atoms with E-state index in [9.17, 15) is 5.26 Å². The van der Waals surface area contributed by atoms with E-state index in [0.717, 1.165) is 41.6 Å². The van der Waals surface area contributed by atoms with Crippen LogP contribution in [0.3, 0.4) is 0 Å². The van der Waals surface area contributed by atoms with Crippen LogP contribution in [-0.4, -0.2) is 23.8 Å². The lowest BCUT2D eigenvalue weighted by Gasteiger charge is -2.32. The van der Waals surface area contributed by atoms with Gasteiger partial charge in [0.1, 0.15) is 11.8 Å². The third kappa shape index (κ3) is 4.05. The molecule has 3 aromatic rings. The predicted molar refractivity (Wildman–Crippen MR) is 115 cm³/mol. The topological polar surface area (TPSA) is 73.2 Å². The van der Waals surface area contributed by atoms with Gasteiger partial charge in [0.15, 0.2) is 5.75 Å². The van der Waals surface area contributed by atoms with Crippen LogP contribution in [0.1, 0.15) is 31.7 Å². The minimum Gasteiger partial charge on any atom is -0.493 e. The summed E-state index contributed by atoms with van der Waals surface area (Å²) in [6.07, 6.45) is 4.90. The summed E-state index contributed by atoms with van der Waals surface area (Å²) in [6.45, 7) is 3.25. The second-order valence-electron chi connectivity index (χ2n) is 7.58. The second kappa shape index (κ2) is 8.36. The van der Waals surface area contributed by atoms with Gasteiger partial charge in [-0.3, -0.25) is 0 Å². The molecule has 1 aliphatic carbocycles. The zero-order valence-electron chi connectivity index (χ0n) is 16.4. The Morgan fingerprint density at radius 1 is 1.21 bits per heavy atom. The number of fused-ring (bicyclic) bond motifs is 1. The molecular formula is C23H24ClN3O2. The minimum absolute atomic E-state index is 0.337. The van der Waals surface area contributed by atoms with E-state index in [2.05, 4.69) is 6.07 Å². The van der Waals surface area contributed by atoms with Crippen LogP contribution in [0.25, 0.3) is 16.6 Å². The molecule has 0 atom stereocenters. The van der Waals surface area contributed by atoms with Crippen LogP contribution >= 0.6 is 11.6 Å². The Morgan fingerprint density at radius 3 is 2.76 bits per heavy atom. The van der Waals surface area contributed by atoms with Crippen molar-refractivity contribution in [2.75, 3.05) is 13.2 Å². The lowest BCUT2D eigenvalue weighted by Crippen LogP contribution is -2.39. The monoisotopic (exact) mass is 409 g/mol. The first-order valence-electron chi connectivity index (χ1n) is 9.95. The van der Waals surface area contributed by atoms with Gasteiger partial charge in [0, 0.05) is 23.3 Å². The summed E-state index contributed by atoms with van der Waals surface area (Å²) in [4.78, 5) is 0. The molecular weight excluding hydrogens is 386 g/mol. The molecule has 0 radical (unpaired) electrons. The van der Waals surface area contributed by atoms with Crippen molar-refractivity contribution >= 4 is 22.5 Å². The fourth-order valence-corrected chi connectivity index (χ4v) is 3.99. The summed E-state index contributed by atoms with van der Waals surface area (Å²) >= 11 is 6.42. The van der Waals surface area contributed by atoms with Crippen molar-refractivity contribution in [1.29, 1.82) is 5.26 Å². The van der Waals surface area contributed by atoms with Gasteiger partial charge in [-0.2, -0.15) is 5.26 Å². The Labute approximate surface area is 175 Å². The molecule has 150 valence electrons. The molecule has 1 heterocycles. The van der Waals surface area contributed by atoms with Crippen molar-refractivity contribution in [3.63, 3.8) is 0 Å². The van der Waals surface area contributed by atoms with E-state index < -0.39 is 0 Å². The number of ether oxygens (including phenoxy) is 2. The van der Waals surface area contributed by atoms with Crippen molar-refractivity contribution in [1.82, 2.24) is 4.57 Å². The number of hydrogen-bond acceptors (Lipinski definition) is 4. The first-order chi connectivity index (χ1) is 14.1. The molecule has 0 bridgehead atoms. The van der Waals surface area contributed by atoms with E-state index in [0.29, 0.717) is 41.5 Å². The van der Waals surface area contributed by atoms with Crippen molar-refractivity contribution in [2.45, 2.75) is 32.2 Å². The normalized spacial score (nSPS) is 18.3. The summed E-state index contributed by atoms with van der Waals surface area (Å²) in [6, 6.07) is 14.2. The third-order valence-corrected chi connectivity index (χ3v) is 5.58. The number of benzene rings is 2. The average molecular weight is 410 g/mol. The maximum Gasteiger partial charge on any atom is 0.155 e. The van der Waals surface area contributed by atoms with Gasteiger partial charge in [-0.15, -0.1) is 0 Å². The Morgan fingerprint density at radius 2 is 2.03 bits per heavy atom. The Balaban J connectivity index is 1.59. The Bertz CT molecular complexity index is 1060. The number of hydrogen-bond donors (Lipinski definition) is 1. The molecule has 6 heteroatoms. The van der Waals surface area contributed by atoms with Crippen molar-refractivity contribution in [2.24, 2.45) is 11.7 Å². The summed E-state index contributed by atoms with van der Waals surface area (Å²) in [7, 11) is 0. The van der Waals surface area contributed by atoms with Crippen LogP contribution in [0.4, 0.5) is 0 Å². The van der Waals surface area contributed by atoms with Gasteiger partial charge >= 0.3 is 0 Å². The smallest absolute Gasteiger partial charge is 0.155 e. The van der Waals surface area contributed by atoms with Gasteiger partial charge in [0.2, 0.25) is 0 Å². The molecule has 29 heavy (non-hydrogen) atoms. The molecule has 0 amide bonds. The molecule has 0 spiro atoms. The fourth-order valence-electron chi connectivity index (χ4n) is 3.73. The van der Waals surface area contributed by atoms with Crippen molar-refractivity contribution in [3.05, 3.63) is 53.2 Å². The van der Waals surface area contributed by atoms with Crippen molar-refractivity contribution in [3.8, 4) is 23.3 Å². The quantitative estimate of drug-likeness (QED) is 0.591. The van der Waals surface area contributed by atoms with Gasteiger partial charge in [-0.25, -0.2) is 0 Å². The van der Waals surface area contributed by atoms with Crippen molar-refractivity contribution < 1.29 is 9.47 Å². The first-order valence-corrected chi connectivity index (χ1v) is 10.3. The molecule has 2 N–H and O–H groups in total. The van der Waals surface area contributed by atoms with Crippen LogP contribution in [0.2, 0.25) is 5.02 Å². The van der Waals surface area contributed by atoms with E-state index in [1.165, 1.54) is 0 Å².